The van der Waals surface area contributed by atoms with Crippen LogP contribution in [-0.4, -0.2) is 43.3 Å². The Morgan fingerprint density at radius 3 is 2.52 bits per heavy atom. The first kappa shape index (κ1) is 17.9. The van der Waals surface area contributed by atoms with Gasteiger partial charge in [-0.05, 0) is 28.7 Å². The van der Waals surface area contributed by atoms with Gasteiger partial charge in [0, 0.05) is 12.6 Å². The molecule has 2 aromatic rings. The van der Waals surface area contributed by atoms with E-state index in [2.05, 4.69) is 19.9 Å². The van der Waals surface area contributed by atoms with Crippen molar-refractivity contribution in [2.24, 2.45) is 5.92 Å². The van der Waals surface area contributed by atoms with E-state index in [-0.39, 0.29) is 23.5 Å². The van der Waals surface area contributed by atoms with Gasteiger partial charge >= 0.3 is 0 Å². The van der Waals surface area contributed by atoms with E-state index in [0.29, 0.717) is 25.3 Å². The molecule has 0 unspecified atom stereocenters. The highest BCUT2D eigenvalue weighted by molar-refractivity contribution is 7.91. The molecule has 0 N–H and O–H groups in total. The van der Waals surface area contributed by atoms with Gasteiger partial charge in [0.2, 0.25) is 5.91 Å². The minimum atomic E-state index is -3.01. The van der Waals surface area contributed by atoms with E-state index >= 15 is 0 Å². The fraction of sp³-hybridized carbons (Fsp3) is 0.450. The maximum absolute atomic E-state index is 12.9. The van der Waals surface area contributed by atoms with Crippen LogP contribution >= 0.6 is 0 Å². The van der Waals surface area contributed by atoms with Gasteiger partial charge in [0.15, 0.2) is 9.84 Å². The molecule has 0 aromatic heterocycles. The minimum Gasteiger partial charge on any atom is -0.338 e. The first-order chi connectivity index (χ1) is 11.8. The van der Waals surface area contributed by atoms with E-state index in [1.54, 1.807) is 4.90 Å². The Morgan fingerprint density at radius 2 is 1.88 bits per heavy atom. The normalized spacial score (nSPS) is 19.4. The summed E-state index contributed by atoms with van der Waals surface area (Å²) in [5.74, 6) is 0.619. The highest BCUT2D eigenvalue weighted by atomic mass is 32.2. The van der Waals surface area contributed by atoms with Crippen LogP contribution in [0.1, 0.15) is 25.8 Å². The SMILES string of the molecule is CC(C)CN(C(=O)Cc1ccc2ccccc2c1)[C@H]1CCS(=O)(=O)C1. The molecule has 2 aromatic carbocycles. The van der Waals surface area contributed by atoms with Crippen LogP contribution in [0.4, 0.5) is 0 Å². The van der Waals surface area contributed by atoms with Crippen LogP contribution < -0.4 is 0 Å². The Balaban J connectivity index is 1.79. The molecule has 4 nitrogen and oxygen atoms in total. The summed E-state index contributed by atoms with van der Waals surface area (Å²) in [4.78, 5) is 14.7. The third kappa shape index (κ3) is 4.40. The fourth-order valence-corrected chi connectivity index (χ4v) is 5.22. The summed E-state index contributed by atoms with van der Waals surface area (Å²) in [6.45, 7) is 4.71. The molecule has 1 aliphatic rings. The number of hydrogen-bond acceptors (Lipinski definition) is 3. The van der Waals surface area contributed by atoms with Crippen molar-refractivity contribution in [2.45, 2.75) is 32.7 Å². The Kier molecular flexibility index (Phi) is 5.13. The Hall–Kier alpha value is -1.88. The molecule has 0 spiro atoms. The highest BCUT2D eigenvalue weighted by Gasteiger charge is 2.34. The van der Waals surface area contributed by atoms with Crippen molar-refractivity contribution in [2.75, 3.05) is 18.1 Å². The van der Waals surface area contributed by atoms with Crippen LogP contribution in [0.2, 0.25) is 0 Å². The van der Waals surface area contributed by atoms with Gasteiger partial charge in [-0.2, -0.15) is 0 Å². The number of fused-ring (bicyclic) bond motifs is 1. The number of benzene rings is 2. The number of nitrogens with zero attached hydrogens (tertiary/aromatic N) is 1. The monoisotopic (exact) mass is 359 g/mol. The summed E-state index contributed by atoms with van der Waals surface area (Å²) >= 11 is 0. The van der Waals surface area contributed by atoms with Crippen molar-refractivity contribution in [3.63, 3.8) is 0 Å². The Morgan fingerprint density at radius 1 is 1.16 bits per heavy atom. The van der Waals surface area contributed by atoms with E-state index in [9.17, 15) is 13.2 Å². The van der Waals surface area contributed by atoms with Crippen LogP contribution in [0.3, 0.4) is 0 Å². The molecular weight excluding hydrogens is 334 g/mol. The van der Waals surface area contributed by atoms with Gasteiger partial charge in [-0.25, -0.2) is 8.42 Å². The summed E-state index contributed by atoms with van der Waals surface area (Å²) in [6.07, 6.45) is 0.868. The number of sulfone groups is 1. The summed E-state index contributed by atoms with van der Waals surface area (Å²) in [7, 11) is -3.01. The van der Waals surface area contributed by atoms with E-state index in [4.69, 9.17) is 0 Å². The maximum atomic E-state index is 12.9. The van der Waals surface area contributed by atoms with E-state index in [0.717, 1.165) is 16.3 Å². The smallest absolute Gasteiger partial charge is 0.227 e. The number of carbonyl (C=O) groups excluding carboxylic acids is 1. The number of carbonyl (C=O) groups is 1. The second kappa shape index (κ2) is 7.16. The molecule has 0 saturated carbocycles. The molecule has 0 bridgehead atoms. The lowest BCUT2D eigenvalue weighted by Crippen LogP contribution is -2.44. The van der Waals surface area contributed by atoms with Gasteiger partial charge in [0.1, 0.15) is 0 Å². The molecule has 134 valence electrons. The first-order valence-corrected chi connectivity index (χ1v) is 10.6. The first-order valence-electron chi connectivity index (χ1n) is 8.81. The van der Waals surface area contributed by atoms with Crippen molar-refractivity contribution in [3.05, 3.63) is 48.0 Å². The van der Waals surface area contributed by atoms with Crippen LogP contribution in [0.15, 0.2) is 42.5 Å². The summed E-state index contributed by atoms with van der Waals surface area (Å²) in [5, 5.41) is 2.27. The zero-order valence-corrected chi connectivity index (χ0v) is 15.6. The van der Waals surface area contributed by atoms with Gasteiger partial charge in [-0.1, -0.05) is 56.3 Å². The fourth-order valence-electron chi connectivity index (χ4n) is 3.49. The van der Waals surface area contributed by atoms with Crippen LogP contribution in [0, 0.1) is 5.92 Å². The summed E-state index contributed by atoms with van der Waals surface area (Å²) in [6, 6.07) is 14.0. The van der Waals surface area contributed by atoms with Gasteiger partial charge in [-0.15, -0.1) is 0 Å². The number of amides is 1. The number of rotatable bonds is 5. The topological polar surface area (TPSA) is 54.5 Å². The lowest BCUT2D eigenvalue weighted by Gasteiger charge is -2.30. The largest absolute Gasteiger partial charge is 0.338 e. The number of hydrogen-bond donors (Lipinski definition) is 0. The molecule has 0 radical (unpaired) electrons. The molecule has 1 fully saturated rings. The van der Waals surface area contributed by atoms with Gasteiger partial charge in [-0.3, -0.25) is 4.79 Å². The zero-order valence-electron chi connectivity index (χ0n) is 14.8. The maximum Gasteiger partial charge on any atom is 0.227 e. The van der Waals surface area contributed by atoms with Gasteiger partial charge in [0.25, 0.3) is 0 Å². The molecule has 3 rings (SSSR count). The lowest BCUT2D eigenvalue weighted by molar-refractivity contribution is -0.132. The van der Waals surface area contributed by atoms with Gasteiger partial charge in [0.05, 0.1) is 17.9 Å². The standard InChI is InChI=1S/C20H25NO3S/c1-15(2)13-21(19-9-10-25(23,24)14-19)20(22)12-16-7-8-17-5-3-4-6-18(17)11-16/h3-8,11,15,19H,9-10,12-14H2,1-2H3/t19-/m0/s1. The minimum absolute atomic E-state index is 0.0195. The van der Waals surface area contributed by atoms with Crippen molar-refractivity contribution in [3.8, 4) is 0 Å². The average molecular weight is 359 g/mol. The van der Waals surface area contributed by atoms with E-state index in [1.165, 1.54) is 0 Å². The predicted molar refractivity (Wildman–Crippen MR) is 101 cm³/mol. The van der Waals surface area contributed by atoms with Crippen LogP contribution in [0.25, 0.3) is 10.8 Å². The Labute approximate surface area is 149 Å². The van der Waals surface area contributed by atoms with Crippen molar-refractivity contribution >= 4 is 26.5 Å². The zero-order chi connectivity index (χ0) is 18.0. The molecule has 1 saturated heterocycles. The molecular formula is C20H25NO3S. The summed E-state index contributed by atoms with van der Waals surface area (Å²) < 4.78 is 23.6. The van der Waals surface area contributed by atoms with Crippen molar-refractivity contribution in [1.29, 1.82) is 0 Å². The van der Waals surface area contributed by atoms with E-state index < -0.39 is 9.84 Å². The second-order valence-corrected chi connectivity index (χ2v) is 9.58. The van der Waals surface area contributed by atoms with E-state index in [1.807, 2.05) is 36.4 Å². The third-order valence-corrected chi connectivity index (χ3v) is 6.45. The molecule has 1 heterocycles. The van der Waals surface area contributed by atoms with Crippen molar-refractivity contribution < 1.29 is 13.2 Å². The predicted octanol–water partition coefficient (Wildman–Crippen LogP) is 3.05. The van der Waals surface area contributed by atoms with Crippen molar-refractivity contribution in [1.82, 2.24) is 4.90 Å². The second-order valence-electron chi connectivity index (χ2n) is 7.36. The molecule has 5 heteroatoms. The average Bonchev–Trinajstić information content (AvgIpc) is 2.92. The molecule has 1 aliphatic heterocycles. The lowest BCUT2D eigenvalue weighted by atomic mass is 10.0. The summed E-state index contributed by atoms with van der Waals surface area (Å²) in [5.41, 5.74) is 0.971. The van der Waals surface area contributed by atoms with Crippen LogP contribution in [-0.2, 0) is 21.1 Å². The van der Waals surface area contributed by atoms with Gasteiger partial charge < -0.3 is 4.90 Å². The highest BCUT2D eigenvalue weighted by Crippen LogP contribution is 2.21. The molecule has 1 atom stereocenters. The quantitative estimate of drug-likeness (QED) is 0.824. The molecule has 0 aliphatic carbocycles. The van der Waals surface area contributed by atoms with Crippen LogP contribution in [0.5, 0.6) is 0 Å². The third-order valence-electron chi connectivity index (χ3n) is 4.70. The molecule has 1 amide bonds. The Bertz CT molecular complexity index is 873. The molecule has 25 heavy (non-hydrogen) atoms.